The van der Waals surface area contributed by atoms with Crippen molar-refractivity contribution in [2.24, 2.45) is 16.1 Å². The van der Waals surface area contributed by atoms with E-state index in [2.05, 4.69) is 15.5 Å². The van der Waals surface area contributed by atoms with Gasteiger partial charge >= 0.3 is 5.97 Å². The Bertz CT molecular complexity index is 418. The first-order valence-corrected chi connectivity index (χ1v) is 9.45. The lowest BCUT2D eigenvalue weighted by Crippen LogP contribution is -2.52. The SMILES string of the molecule is COC(=O)C1CC(C2CCC3(CCCCCCCC3)NC2)N=N1. The van der Waals surface area contributed by atoms with E-state index < -0.39 is 0 Å². The van der Waals surface area contributed by atoms with E-state index in [4.69, 9.17) is 4.74 Å². The summed E-state index contributed by atoms with van der Waals surface area (Å²) in [4.78, 5) is 11.6. The monoisotopic (exact) mass is 321 g/mol. The molecule has 1 spiro atoms. The summed E-state index contributed by atoms with van der Waals surface area (Å²) in [5.41, 5.74) is 0.373. The molecule has 130 valence electrons. The Labute approximate surface area is 139 Å². The highest BCUT2D eigenvalue weighted by Gasteiger charge is 2.40. The van der Waals surface area contributed by atoms with Crippen LogP contribution in [0.1, 0.15) is 70.6 Å². The van der Waals surface area contributed by atoms with Crippen molar-refractivity contribution in [2.45, 2.75) is 88.3 Å². The first kappa shape index (κ1) is 16.9. The molecule has 23 heavy (non-hydrogen) atoms. The number of piperidine rings is 1. The van der Waals surface area contributed by atoms with Crippen LogP contribution in [-0.4, -0.2) is 37.2 Å². The fraction of sp³-hybridized carbons (Fsp3) is 0.944. The zero-order valence-corrected chi connectivity index (χ0v) is 14.4. The normalized spacial score (nSPS) is 34.6. The predicted molar refractivity (Wildman–Crippen MR) is 89.5 cm³/mol. The van der Waals surface area contributed by atoms with Crippen molar-refractivity contribution in [1.82, 2.24) is 5.32 Å². The minimum atomic E-state index is -0.370. The predicted octanol–water partition coefficient (Wildman–Crippen LogP) is 3.63. The zero-order chi connectivity index (χ0) is 16.1. The number of hydrogen-bond acceptors (Lipinski definition) is 5. The number of hydrogen-bond donors (Lipinski definition) is 1. The van der Waals surface area contributed by atoms with Crippen molar-refractivity contribution in [1.29, 1.82) is 0 Å². The van der Waals surface area contributed by atoms with E-state index in [1.165, 1.54) is 71.3 Å². The van der Waals surface area contributed by atoms with Gasteiger partial charge in [0.15, 0.2) is 6.04 Å². The van der Waals surface area contributed by atoms with Gasteiger partial charge in [0.25, 0.3) is 0 Å². The molecule has 3 rings (SSSR count). The molecular formula is C18H31N3O2. The molecule has 0 bridgehead atoms. The summed E-state index contributed by atoms with van der Waals surface area (Å²) in [6, 6.07) is -0.175. The van der Waals surface area contributed by atoms with Crippen molar-refractivity contribution >= 4 is 5.97 Å². The average molecular weight is 321 g/mol. The Morgan fingerprint density at radius 3 is 2.35 bits per heavy atom. The summed E-state index contributed by atoms with van der Waals surface area (Å²) in [7, 11) is 1.42. The van der Waals surface area contributed by atoms with Crippen LogP contribution in [0.3, 0.4) is 0 Å². The van der Waals surface area contributed by atoms with Gasteiger partial charge in [0, 0.05) is 18.5 Å². The van der Waals surface area contributed by atoms with E-state index in [1.807, 2.05) is 0 Å². The van der Waals surface area contributed by atoms with Gasteiger partial charge in [-0.1, -0.05) is 38.5 Å². The van der Waals surface area contributed by atoms with Gasteiger partial charge < -0.3 is 10.1 Å². The van der Waals surface area contributed by atoms with Crippen LogP contribution in [0.25, 0.3) is 0 Å². The number of rotatable bonds is 2. The van der Waals surface area contributed by atoms with Crippen molar-refractivity contribution in [3.8, 4) is 0 Å². The van der Waals surface area contributed by atoms with Crippen molar-refractivity contribution in [3.63, 3.8) is 0 Å². The second-order valence-corrected chi connectivity index (χ2v) is 7.65. The molecule has 3 atom stereocenters. The first-order valence-electron chi connectivity index (χ1n) is 9.45. The lowest BCUT2D eigenvalue weighted by molar-refractivity contribution is -0.142. The van der Waals surface area contributed by atoms with Crippen molar-refractivity contribution in [2.75, 3.05) is 13.7 Å². The molecule has 1 saturated carbocycles. The number of esters is 1. The molecule has 2 fully saturated rings. The molecule has 3 aliphatic rings. The van der Waals surface area contributed by atoms with E-state index in [1.54, 1.807) is 0 Å². The molecule has 0 amide bonds. The molecule has 5 nitrogen and oxygen atoms in total. The fourth-order valence-corrected chi connectivity index (χ4v) is 4.57. The molecule has 1 N–H and O–H groups in total. The number of methoxy groups -OCH3 is 1. The van der Waals surface area contributed by atoms with E-state index in [-0.39, 0.29) is 18.1 Å². The van der Waals surface area contributed by atoms with Gasteiger partial charge in [-0.2, -0.15) is 10.2 Å². The molecule has 1 saturated heterocycles. The van der Waals surface area contributed by atoms with Crippen molar-refractivity contribution in [3.05, 3.63) is 0 Å². The molecule has 1 aliphatic carbocycles. The third-order valence-corrected chi connectivity index (χ3v) is 6.13. The van der Waals surface area contributed by atoms with Crippen LogP contribution in [0.15, 0.2) is 10.2 Å². The minimum Gasteiger partial charge on any atom is -0.467 e. The summed E-state index contributed by atoms with van der Waals surface area (Å²) in [5, 5.41) is 12.4. The summed E-state index contributed by atoms with van der Waals surface area (Å²) in [6.45, 7) is 1.03. The van der Waals surface area contributed by atoms with Gasteiger partial charge in [-0.25, -0.2) is 4.79 Å². The quantitative estimate of drug-likeness (QED) is 0.790. The van der Waals surface area contributed by atoms with Crippen molar-refractivity contribution < 1.29 is 9.53 Å². The lowest BCUT2D eigenvalue weighted by atomic mass is 9.76. The smallest absolute Gasteiger partial charge is 0.332 e. The van der Waals surface area contributed by atoms with Gasteiger partial charge in [0.05, 0.1) is 13.2 Å². The van der Waals surface area contributed by atoms with E-state index in [0.717, 1.165) is 13.0 Å². The maximum Gasteiger partial charge on any atom is 0.332 e. The van der Waals surface area contributed by atoms with Crippen LogP contribution >= 0.6 is 0 Å². The number of carbonyl (C=O) groups is 1. The topological polar surface area (TPSA) is 63.0 Å². The van der Waals surface area contributed by atoms with E-state index in [9.17, 15) is 4.79 Å². The Morgan fingerprint density at radius 2 is 1.74 bits per heavy atom. The van der Waals surface area contributed by atoms with Gasteiger partial charge in [0.2, 0.25) is 0 Å². The second kappa shape index (κ2) is 7.73. The number of nitrogens with zero attached hydrogens (tertiary/aromatic N) is 2. The van der Waals surface area contributed by atoms with E-state index in [0.29, 0.717) is 11.5 Å². The molecule has 0 radical (unpaired) electrons. The van der Waals surface area contributed by atoms with Crippen LogP contribution in [0.5, 0.6) is 0 Å². The highest BCUT2D eigenvalue weighted by Crippen LogP contribution is 2.37. The Hall–Kier alpha value is -0.970. The molecule has 0 aromatic carbocycles. The Balaban J connectivity index is 1.52. The van der Waals surface area contributed by atoms with Crippen LogP contribution in [0, 0.1) is 5.92 Å². The number of nitrogens with one attached hydrogen (secondary N) is 1. The first-order chi connectivity index (χ1) is 11.2. The Kier molecular flexibility index (Phi) is 5.67. The number of ether oxygens (including phenoxy) is 1. The van der Waals surface area contributed by atoms with Crippen LogP contribution in [0.4, 0.5) is 0 Å². The molecule has 3 unspecified atom stereocenters. The molecule has 2 heterocycles. The molecule has 5 heteroatoms. The molecule has 0 aromatic rings. The van der Waals surface area contributed by atoms with Gasteiger partial charge in [-0.3, -0.25) is 0 Å². The zero-order valence-electron chi connectivity index (χ0n) is 14.4. The maximum atomic E-state index is 11.6. The summed E-state index contributed by atoms with van der Waals surface area (Å²) in [5.74, 6) is 0.277. The molecule has 2 aliphatic heterocycles. The Morgan fingerprint density at radius 1 is 1.04 bits per heavy atom. The second-order valence-electron chi connectivity index (χ2n) is 7.65. The third-order valence-electron chi connectivity index (χ3n) is 6.13. The highest BCUT2D eigenvalue weighted by atomic mass is 16.5. The third kappa shape index (κ3) is 4.11. The van der Waals surface area contributed by atoms with Crippen LogP contribution in [-0.2, 0) is 9.53 Å². The average Bonchev–Trinajstić information content (AvgIpc) is 3.09. The lowest BCUT2D eigenvalue weighted by Gasteiger charge is -2.42. The summed E-state index contributed by atoms with van der Waals surface area (Å²) >= 11 is 0. The van der Waals surface area contributed by atoms with Gasteiger partial charge in [-0.15, -0.1) is 0 Å². The number of azo groups is 1. The summed E-state index contributed by atoms with van der Waals surface area (Å²) < 4.78 is 4.79. The highest BCUT2D eigenvalue weighted by molar-refractivity contribution is 5.76. The standard InChI is InChI=1S/C18H31N3O2/c1-23-17(22)16-12-15(20-21-16)14-8-11-18(19-13-14)9-6-4-2-3-5-7-10-18/h14-16,19H,2-13H2,1H3. The van der Waals surface area contributed by atoms with Gasteiger partial charge in [0.1, 0.15) is 0 Å². The number of carbonyl (C=O) groups excluding carboxylic acids is 1. The summed E-state index contributed by atoms with van der Waals surface area (Å²) in [6.07, 6.45) is 14.2. The minimum absolute atomic E-state index is 0.195. The van der Waals surface area contributed by atoms with E-state index >= 15 is 0 Å². The maximum absolute atomic E-state index is 11.6. The molecule has 0 aromatic heterocycles. The fourth-order valence-electron chi connectivity index (χ4n) is 4.57. The van der Waals surface area contributed by atoms with Crippen LogP contribution in [0.2, 0.25) is 0 Å². The van der Waals surface area contributed by atoms with Crippen LogP contribution < -0.4 is 5.32 Å². The largest absolute Gasteiger partial charge is 0.467 e. The van der Waals surface area contributed by atoms with Gasteiger partial charge in [-0.05, 0) is 31.6 Å². The molecular weight excluding hydrogens is 290 g/mol.